The highest BCUT2D eigenvalue weighted by Gasteiger charge is 2.22. The number of carbonyl (C=O) groups is 2. The molecule has 0 aliphatic heterocycles. The van der Waals surface area contributed by atoms with Crippen LogP contribution in [-0.4, -0.2) is 48.3 Å². The van der Waals surface area contributed by atoms with Gasteiger partial charge in [0, 0.05) is 6.20 Å². The summed E-state index contributed by atoms with van der Waals surface area (Å²) in [5.41, 5.74) is 0.157. The lowest BCUT2D eigenvalue weighted by molar-refractivity contribution is -0.140. The normalized spacial score (nSPS) is 11.4. The predicted octanol–water partition coefficient (Wildman–Crippen LogP) is 0.476. The van der Waals surface area contributed by atoms with E-state index in [1.54, 1.807) is 6.07 Å². The van der Waals surface area contributed by atoms with E-state index in [4.69, 9.17) is 14.6 Å². The van der Waals surface area contributed by atoms with Crippen LogP contribution in [0.15, 0.2) is 31.0 Å². The molecule has 20 heavy (non-hydrogen) atoms. The van der Waals surface area contributed by atoms with Crippen LogP contribution in [0.25, 0.3) is 0 Å². The molecule has 1 heterocycles. The van der Waals surface area contributed by atoms with Crippen molar-refractivity contribution in [2.75, 3.05) is 20.3 Å². The van der Waals surface area contributed by atoms with E-state index in [9.17, 15) is 9.59 Å². The van der Waals surface area contributed by atoms with Crippen molar-refractivity contribution in [3.8, 4) is 5.88 Å². The number of amides is 1. The zero-order valence-electron chi connectivity index (χ0n) is 11.0. The second kappa shape index (κ2) is 7.90. The van der Waals surface area contributed by atoms with Crippen molar-refractivity contribution in [1.82, 2.24) is 10.3 Å². The molecule has 1 amide bonds. The fraction of sp³-hybridized carbons (Fsp3) is 0.308. The first-order chi connectivity index (χ1) is 9.60. The van der Waals surface area contributed by atoms with Gasteiger partial charge in [0.15, 0.2) is 6.04 Å². The summed E-state index contributed by atoms with van der Waals surface area (Å²) in [5.74, 6) is -1.66. The number of rotatable bonds is 8. The van der Waals surface area contributed by atoms with Crippen LogP contribution in [0.1, 0.15) is 10.4 Å². The topological polar surface area (TPSA) is 97.8 Å². The number of carboxylic acid groups (broad SMARTS) is 1. The molecular weight excluding hydrogens is 264 g/mol. The van der Waals surface area contributed by atoms with Gasteiger partial charge in [0.25, 0.3) is 5.91 Å². The van der Waals surface area contributed by atoms with Crippen LogP contribution < -0.4 is 10.1 Å². The molecule has 1 unspecified atom stereocenters. The smallest absolute Gasteiger partial charge is 0.328 e. The average molecular weight is 280 g/mol. The summed E-state index contributed by atoms with van der Waals surface area (Å²) in [7, 11) is 1.38. The summed E-state index contributed by atoms with van der Waals surface area (Å²) >= 11 is 0. The van der Waals surface area contributed by atoms with Gasteiger partial charge in [-0.05, 0) is 12.1 Å². The maximum Gasteiger partial charge on any atom is 0.328 e. The van der Waals surface area contributed by atoms with Gasteiger partial charge in [-0.3, -0.25) is 4.79 Å². The molecular formula is C13H16N2O5. The third kappa shape index (κ3) is 4.36. The lowest BCUT2D eigenvalue weighted by atomic mass is 10.2. The van der Waals surface area contributed by atoms with E-state index >= 15 is 0 Å². The minimum atomic E-state index is -1.19. The van der Waals surface area contributed by atoms with E-state index in [1.165, 1.54) is 25.4 Å². The van der Waals surface area contributed by atoms with E-state index in [2.05, 4.69) is 16.9 Å². The number of nitrogens with zero attached hydrogens (tertiary/aromatic N) is 1. The van der Waals surface area contributed by atoms with Crippen molar-refractivity contribution < 1.29 is 24.2 Å². The minimum absolute atomic E-state index is 0.126. The van der Waals surface area contributed by atoms with Gasteiger partial charge < -0.3 is 19.9 Å². The lowest BCUT2D eigenvalue weighted by Gasteiger charge is -2.15. The van der Waals surface area contributed by atoms with Gasteiger partial charge in [-0.15, -0.1) is 6.58 Å². The van der Waals surface area contributed by atoms with Gasteiger partial charge in [0.2, 0.25) is 5.88 Å². The molecule has 7 heteroatoms. The first-order valence-electron chi connectivity index (χ1n) is 5.81. The van der Waals surface area contributed by atoms with Crippen LogP contribution in [0, 0.1) is 0 Å². The fourth-order valence-corrected chi connectivity index (χ4v) is 1.41. The molecule has 1 atom stereocenters. The molecule has 0 saturated carbocycles. The Kier molecular flexibility index (Phi) is 6.18. The summed E-state index contributed by atoms with van der Waals surface area (Å²) in [6, 6.07) is 1.89. The van der Waals surface area contributed by atoms with Crippen molar-refractivity contribution >= 4 is 11.9 Å². The number of ether oxygens (including phenoxy) is 2. The van der Waals surface area contributed by atoms with Crippen LogP contribution >= 0.6 is 0 Å². The molecule has 0 aliphatic rings. The molecule has 7 nitrogen and oxygen atoms in total. The Morgan fingerprint density at radius 2 is 2.35 bits per heavy atom. The van der Waals surface area contributed by atoms with E-state index in [0.717, 1.165) is 0 Å². The molecule has 0 fully saturated rings. The highest BCUT2D eigenvalue weighted by Crippen LogP contribution is 2.13. The number of pyridine rings is 1. The Morgan fingerprint density at radius 1 is 1.60 bits per heavy atom. The zero-order chi connectivity index (χ0) is 15.0. The molecule has 2 N–H and O–H groups in total. The van der Waals surface area contributed by atoms with Crippen molar-refractivity contribution in [2.45, 2.75) is 6.04 Å². The molecule has 1 aromatic heterocycles. The SMILES string of the molecule is C=CCOCC(NC(=O)c1cccnc1OC)C(=O)O. The maximum absolute atomic E-state index is 12.0. The Labute approximate surface area is 116 Å². The Bertz CT molecular complexity index is 489. The van der Waals surface area contributed by atoms with Gasteiger partial charge in [-0.1, -0.05) is 6.08 Å². The number of carboxylic acids is 1. The summed E-state index contributed by atoms with van der Waals surface area (Å²) in [6.07, 6.45) is 2.96. The van der Waals surface area contributed by atoms with Crippen LogP contribution in [0.4, 0.5) is 0 Å². The molecule has 0 bridgehead atoms. The first-order valence-corrected chi connectivity index (χ1v) is 5.81. The second-order valence-electron chi connectivity index (χ2n) is 3.75. The summed E-state index contributed by atoms with van der Waals surface area (Å²) < 4.78 is 9.98. The van der Waals surface area contributed by atoms with Crippen molar-refractivity contribution in [3.05, 3.63) is 36.5 Å². The zero-order valence-corrected chi connectivity index (χ0v) is 11.0. The van der Waals surface area contributed by atoms with Gasteiger partial charge >= 0.3 is 5.97 Å². The number of carbonyl (C=O) groups excluding carboxylic acids is 1. The van der Waals surface area contributed by atoms with E-state index in [1.807, 2.05) is 0 Å². The molecule has 0 spiro atoms. The quantitative estimate of drug-likeness (QED) is 0.531. The summed E-state index contributed by atoms with van der Waals surface area (Å²) in [6.45, 7) is 3.50. The van der Waals surface area contributed by atoms with Crippen molar-refractivity contribution in [1.29, 1.82) is 0 Å². The lowest BCUT2D eigenvalue weighted by Crippen LogP contribution is -2.44. The number of aromatic nitrogens is 1. The van der Waals surface area contributed by atoms with Crippen LogP contribution in [0.3, 0.4) is 0 Å². The monoisotopic (exact) mass is 280 g/mol. The maximum atomic E-state index is 12.0. The van der Waals surface area contributed by atoms with E-state index in [-0.39, 0.29) is 24.7 Å². The van der Waals surface area contributed by atoms with E-state index < -0.39 is 17.9 Å². The molecule has 1 aromatic rings. The van der Waals surface area contributed by atoms with Gasteiger partial charge in [0.1, 0.15) is 5.56 Å². The third-order valence-electron chi connectivity index (χ3n) is 2.33. The summed E-state index contributed by atoms with van der Waals surface area (Å²) in [4.78, 5) is 26.9. The Hall–Kier alpha value is -2.41. The number of hydrogen-bond donors (Lipinski definition) is 2. The second-order valence-corrected chi connectivity index (χ2v) is 3.75. The van der Waals surface area contributed by atoms with Gasteiger partial charge in [-0.25, -0.2) is 9.78 Å². The highest BCUT2D eigenvalue weighted by molar-refractivity contribution is 5.98. The average Bonchev–Trinajstić information content (AvgIpc) is 2.46. The Balaban J connectivity index is 2.74. The standard InChI is InChI=1S/C13H16N2O5/c1-3-7-20-8-10(13(17)18)15-11(16)9-5-4-6-14-12(9)19-2/h3-6,10H,1,7-8H2,2H3,(H,15,16)(H,17,18). The molecule has 0 radical (unpaired) electrons. The number of hydrogen-bond acceptors (Lipinski definition) is 5. The highest BCUT2D eigenvalue weighted by atomic mass is 16.5. The van der Waals surface area contributed by atoms with Crippen molar-refractivity contribution in [2.24, 2.45) is 0 Å². The molecule has 0 aromatic carbocycles. The van der Waals surface area contributed by atoms with Gasteiger partial charge in [0.05, 0.1) is 20.3 Å². The number of aliphatic carboxylic acids is 1. The molecule has 108 valence electrons. The summed E-state index contributed by atoms with van der Waals surface area (Å²) in [5, 5.41) is 11.4. The van der Waals surface area contributed by atoms with Crippen LogP contribution in [0.5, 0.6) is 5.88 Å². The first kappa shape index (κ1) is 15.6. The van der Waals surface area contributed by atoms with Crippen LogP contribution in [0.2, 0.25) is 0 Å². The fourth-order valence-electron chi connectivity index (χ4n) is 1.41. The van der Waals surface area contributed by atoms with E-state index in [0.29, 0.717) is 0 Å². The van der Waals surface area contributed by atoms with Crippen molar-refractivity contribution in [3.63, 3.8) is 0 Å². The Morgan fingerprint density at radius 3 is 2.95 bits per heavy atom. The molecule has 1 rings (SSSR count). The molecule has 0 saturated heterocycles. The number of nitrogens with one attached hydrogen (secondary N) is 1. The minimum Gasteiger partial charge on any atom is -0.480 e. The van der Waals surface area contributed by atoms with Crippen LogP contribution in [-0.2, 0) is 9.53 Å². The number of methoxy groups -OCH3 is 1. The molecule has 0 aliphatic carbocycles. The predicted molar refractivity (Wildman–Crippen MR) is 70.7 cm³/mol. The van der Waals surface area contributed by atoms with Gasteiger partial charge in [-0.2, -0.15) is 0 Å². The third-order valence-corrected chi connectivity index (χ3v) is 2.33. The largest absolute Gasteiger partial charge is 0.480 e.